The smallest absolute Gasteiger partial charge is 0.194 e. The van der Waals surface area contributed by atoms with Crippen LogP contribution >= 0.6 is 0 Å². The van der Waals surface area contributed by atoms with E-state index in [0.29, 0.717) is 19.6 Å². The third-order valence-corrected chi connectivity index (χ3v) is 7.16. The van der Waals surface area contributed by atoms with Gasteiger partial charge in [-0.3, -0.25) is 0 Å². The summed E-state index contributed by atoms with van der Waals surface area (Å²) in [6.45, 7) is 9.82. The Labute approximate surface area is 157 Å². The highest BCUT2D eigenvalue weighted by atomic mass is 32.2. The zero-order valence-corrected chi connectivity index (χ0v) is 17.1. The molecule has 1 N–H and O–H groups in total. The number of guanidine groups is 1. The van der Waals surface area contributed by atoms with Crippen molar-refractivity contribution >= 4 is 15.8 Å². The van der Waals surface area contributed by atoms with E-state index in [1.54, 1.807) is 13.8 Å². The van der Waals surface area contributed by atoms with Crippen molar-refractivity contribution in [2.75, 3.05) is 31.9 Å². The first kappa shape index (κ1) is 20.6. The Morgan fingerprint density at radius 3 is 2.58 bits per heavy atom. The number of sulfone groups is 1. The van der Waals surface area contributed by atoms with Crippen LogP contribution in [0.1, 0.15) is 34.1 Å². The highest BCUT2D eigenvalue weighted by Gasteiger charge is 2.41. The fraction of sp³-hybridized carbons (Fsp3) is 0.632. The van der Waals surface area contributed by atoms with Crippen molar-refractivity contribution in [2.24, 2.45) is 4.99 Å². The van der Waals surface area contributed by atoms with Gasteiger partial charge in [0.05, 0.1) is 17.0 Å². The fourth-order valence-electron chi connectivity index (χ4n) is 2.88. The van der Waals surface area contributed by atoms with Crippen LogP contribution < -0.4 is 10.1 Å². The molecule has 1 fully saturated rings. The van der Waals surface area contributed by atoms with Gasteiger partial charge in [-0.2, -0.15) is 0 Å². The maximum Gasteiger partial charge on any atom is 0.194 e. The van der Waals surface area contributed by atoms with Crippen LogP contribution in [0.5, 0.6) is 5.75 Å². The lowest BCUT2D eigenvalue weighted by Crippen LogP contribution is -2.57. The van der Waals surface area contributed by atoms with Crippen molar-refractivity contribution in [3.05, 3.63) is 30.3 Å². The standard InChI is InChI=1S/C19H31N3O3S/c1-5-16(25-17-10-8-7-9-11-17)14-21-18(20-6-2)22-12-13-26(23,24)19(3,4)15-22/h7-11,16H,5-6,12-15H2,1-4H3,(H,20,21). The second-order valence-corrected chi connectivity index (χ2v) is 9.90. The maximum absolute atomic E-state index is 12.2. The predicted octanol–water partition coefficient (Wildman–Crippen LogP) is 2.32. The molecule has 7 heteroatoms. The van der Waals surface area contributed by atoms with E-state index in [1.165, 1.54) is 0 Å². The fourth-order valence-corrected chi connectivity index (χ4v) is 4.25. The number of aliphatic imine (C=N–C) groups is 1. The molecule has 1 aliphatic rings. The van der Waals surface area contributed by atoms with Gasteiger partial charge in [-0.25, -0.2) is 13.4 Å². The summed E-state index contributed by atoms with van der Waals surface area (Å²) >= 11 is 0. The van der Waals surface area contributed by atoms with Gasteiger partial charge in [0.1, 0.15) is 11.9 Å². The monoisotopic (exact) mass is 381 g/mol. The van der Waals surface area contributed by atoms with Crippen LogP contribution in [0.2, 0.25) is 0 Å². The highest BCUT2D eigenvalue weighted by molar-refractivity contribution is 7.92. The lowest BCUT2D eigenvalue weighted by Gasteiger charge is -2.39. The summed E-state index contributed by atoms with van der Waals surface area (Å²) < 4.78 is 29.7. The molecule has 0 radical (unpaired) electrons. The molecule has 0 aliphatic carbocycles. The number of nitrogens with one attached hydrogen (secondary N) is 1. The highest BCUT2D eigenvalue weighted by Crippen LogP contribution is 2.23. The minimum atomic E-state index is -3.07. The van der Waals surface area contributed by atoms with Crippen molar-refractivity contribution in [2.45, 2.75) is 45.0 Å². The lowest BCUT2D eigenvalue weighted by atomic mass is 10.2. The summed E-state index contributed by atoms with van der Waals surface area (Å²) in [4.78, 5) is 6.77. The van der Waals surface area contributed by atoms with Crippen molar-refractivity contribution < 1.29 is 13.2 Å². The zero-order valence-electron chi connectivity index (χ0n) is 16.2. The minimum Gasteiger partial charge on any atom is -0.489 e. The maximum atomic E-state index is 12.2. The molecule has 1 aromatic rings. The van der Waals surface area contributed by atoms with Crippen molar-refractivity contribution in [1.29, 1.82) is 0 Å². The zero-order chi connectivity index (χ0) is 19.2. The summed E-state index contributed by atoms with van der Waals surface area (Å²) in [5.74, 6) is 1.75. The van der Waals surface area contributed by atoms with E-state index in [2.05, 4.69) is 12.2 Å². The quantitative estimate of drug-likeness (QED) is 0.605. The van der Waals surface area contributed by atoms with Crippen molar-refractivity contribution in [3.63, 3.8) is 0 Å². The molecule has 0 bridgehead atoms. The molecule has 0 aromatic heterocycles. The molecule has 2 rings (SSSR count). The van der Waals surface area contributed by atoms with E-state index in [0.717, 1.165) is 24.7 Å². The number of ether oxygens (including phenoxy) is 1. The van der Waals surface area contributed by atoms with E-state index in [9.17, 15) is 8.42 Å². The Morgan fingerprint density at radius 1 is 1.31 bits per heavy atom. The molecule has 1 heterocycles. The largest absolute Gasteiger partial charge is 0.489 e. The van der Waals surface area contributed by atoms with E-state index in [1.807, 2.05) is 42.2 Å². The average Bonchev–Trinajstić information content (AvgIpc) is 2.60. The van der Waals surface area contributed by atoms with Gasteiger partial charge in [0.15, 0.2) is 15.8 Å². The molecule has 1 aromatic carbocycles. The van der Waals surface area contributed by atoms with Gasteiger partial charge in [-0.15, -0.1) is 0 Å². The second kappa shape index (κ2) is 8.75. The Bertz CT molecular complexity index is 702. The molecule has 1 aliphatic heterocycles. The van der Waals surface area contributed by atoms with E-state index in [-0.39, 0.29) is 11.9 Å². The number of benzene rings is 1. The van der Waals surface area contributed by atoms with Gasteiger partial charge >= 0.3 is 0 Å². The third-order valence-electron chi connectivity index (χ3n) is 4.62. The first-order chi connectivity index (χ1) is 12.3. The van der Waals surface area contributed by atoms with Gasteiger partial charge in [0.25, 0.3) is 0 Å². The molecule has 1 atom stereocenters. The number of para-hydroxylation sites is 1. The van der Waals surface area contributed by atoms with Crippen LogP contribution in [0.4, 0.5) is 0 Å². The molecule has 1 unspecified atom stereocenters. The Balaban J connectivity index is 2.08. The van der Waals surface area contributed by atoms with Crippen LogP contribution in [0.25, 0.3) is 0 Å². The number of nitrogens with zero attached hydrogens (tertiary/aromatic N) is 2. The van der Waals surface area contributed by atoms with Crippen LogP contribution in [0.3, 0.4) is 0 Å². The van der Waals surface area contributed by atoms with E-state index < -0.39 is 14.6 Å². The molecule has 146 valence electrons. The first-order valence-electron chi connectivity index (χ1n) is 9.26. The van der Waals surface area contributed by atoms with Crippen molar-refractivity contribution in [3.8, 4) is 5.75 Å². The van der Waals surface area contributed by atoms with Crippen LogP contribution in [-0.2, 0) is 9.84 Å². The van der Waals surface area contributed by atoms with Gasteiger partial charge in [0.2, 0.25) is 0 Å². The molecule has 6 nitrogen and oxygen atoms in total. The molecule has 26 heavy (non-hydrogen) atoms. The number of hydrogen-bond donors (Lipinski definition) is 1. The summed E-state index contributed by atoms with van der Waals surface area (Å²) in [5.41, 5.74) is 0. The van der Waals surface area contributed by atoms with Gasteiger partial charge in [-0.05, 0) is 39.3 Å². The number of rotatable bonds is 6. The van der Waals surface area contributed by atoms with E-state index >= 15 is 0 Å². The average molecular weight is 382 g/mol. The topological polar surface area (TPSA) is 71.0 Å². The number of hydrogen-bond acceptors (Lipinski definition) is 4. The third kappa shape index (κ3) is 5.13. The van der Waals surface area contributed by atoms with Gasteiger partial charge < -0.3 is 15.0 Å². The molecular weight excluding hydrogens is 350 g/mol. The van der Waals surface area contributed by atoms with Crippen LogP contribution in [0.15, 0.2) is 35.3 Å². The summed E-state index contributed by atoms with van der Waals surface area (Å²) in [6, 6.07) is 9.74. The molecule has 0 saturated carbocycles. The SMILES string of the molecule is CCNC(=NCC(CC)Oc1ccccc1)N1CCS(=O)(=O)C(C)(C)C1. The summed E-state index contributed by atoms with van der Waals surface area (Å²) in [7, 11) is -3.07. The first-order valence-corrected chi connectivity index (χ1v) is 10.9. The Hall–Kier alpha value is -1.76. The Morgan fingerprint density at radius 2 is 2.00 bits per heavy atom. The van der Waals surface area contributed by atoms with Crippen LogP contribution in [0, 0.1) is 0 Å². The summed E-state index contributed by atoms with van der Waals surface area (Å²) in [5, 5.41) is 3.29. The minimum absolute atomic E-state index is 0.0208. The molecule has 0 amide bonds. The Kier molecular flexibility index (Phi) is 6.92. The van der Waals surface area contributed by atoms with Gasteiger partial charge in [-0.1, -0.05) is 25.1 Å². The van der Waals surface area contributed by atoms with Crippen molar-refractivity contribution in [1.82, 2.24) is 10.2 Å². The molecule has 0 spiro atoms. The summed E-state index contributed by atoms with van der Waals surface area (Å²) in [6.07, 6.45) is 0.824. The van der Waals surface area contributed by atoms with E-state index in [4.69, 9.17) is 9.73 Å². The lowest BCUT2D eigenvalue weighted by molar-refractivity contribution is 0.205. The van der Waals surface area contributed by atoms with Crippen LogP contribution in [-0.4, -0.2) is 62.1 Å². The predicted molar refractivity (Wildman–Crippen MR) is 107 cm³/mol. The molecular formula is C19H31N3O3S. The normalized spacial score (nSPS) is 20.5. The molecule has 1 saturated heterocycles. The van der Waals surface area contributed by atoms with Gasteiger partial charge in [0, 0.05) is 19.6 Å². The second-order valence-electron chi connectivity index (χ2n) is 7.16.